The molecule has 0 aromatic rings. The molecular weight excluding hydrogens is 463 g/mol. The van der Waals surface area contributed by atoms with Crippen LogP contribution in [-0.2, 0) is 23.4 Å². The van der Waals surface area contributed by atoms with Crippen LogP contribution in [-0.4, -0.2) is 51.4 Å². The van der Waals surface area contributed by atoms with Crippen LogP contribution < -0.4 is 0 Å². The van der Waals surface area contributed by atoms with Gasteiger partial charge in [-0.2, -0.15) is 0 Å². The maximum atomic E-state index is 11.9. The van der Waals surface area contributed by atoms with Gasteiger partial charge in [-0.05, 0) is 6.42 Å². The van der Waals surface area contributed by atoms with Crippen molar-refractivity contribution in [2.75, 3.05) is 13.2 Å². The summed E-state index contributed by atoms with van der Waals surface area (Å²) in [5.74, 6) is -2.21. The van der Waals surface area contributed by atoms with Crippen molar-refractivity contribution in [2.24, 2.45) is 0 Å². The van der Waals surface area contributed by atoms with Gasteiger partial charge in [-0.25, -0.2) is 9.36 Å². The Labute approximate surface area is 204 Å². The molecule has 4 N–H and O–H groups in total. The van der Waals surface area contributed by atoms with Gasteiger partial charge in [0.1, 0.15) is 6.10 Å². The molecule has 1 aliphatic rings. The molecule has 34 heavy (non-hydrogen) atoms. The number of unbranched alkanes of at least 4 members (excludes halogenated alkanes) is 15. The van der Waals surface area contributed by atoms with E-state index in [9.17, 15) is 14.5 Å². The number of phosphoric ester groups is 1. The molecule has 10 heteroatoms. The molecule has 0 fully saturated rings. The SMILES string of the molecule is CCCCCCCCCCCCCCCCCCOC1=C(OP(=O)(O)O)C(=O)O[C@@H]1[C@@H](O)CO. The molecule has 0 saturated heterocycles. The van der Waals surface area contributed by atoms with E-state index in [0.29, 0.717) is 6.42 Å². The highest BCUT2D eigenvalue weighted by molar-refractivity contribution is 7.46. The average molecular weight is 509 g/mol. The van der Waals surface area contributed by atoms with Crippen LogP contribution in [0, 0.1) is 0 Å². The fourth-order valence-corrected chi connectivity index (χ4v) is 4.38. The van der Waals surface area contributed by atoms with Crippen LogP contribution in [0.1, 0.15) is 110 Å². The molecular formula is C24H45O9P. The predicted octanol–water partition coefficient (Wildman–Crippen LogP) is 4.86. The summed E-state index contributed by atoms with van der Waals surface area (Å²) in [5, 5.41) is 18.9. The monoisotopic (exact) mass is 508 g/mol. The maximum Gasteiger partial charge on any atom is 0.525 e. The van der Waals surface area contributed by atoms with Crippen LogP contribution in [0.2, 0.25) is 0 Å². The molecule has 1 rings (SSSR count). The zero-order chi connectivity index (χ0) is 25.2. The summed E-state index contributed by atoms with van der Waals surface area (Å²) in [6.07, 6.45) is 16.9. The first-order valence-electron chi connectivity index (χ1n) is 12.9. The zero-order valence-electron chi connectivity index (χ0n) is 20.7. The van der Waals surface area contributed by atoms with Gasteiger partial charge in [0.15, 0.2) is 11.9 Å². The number of rotatable bonds is 22. The molecule has 0 aromatic carbocycles. The average Bonchev–Trinajstić information content (AvgIpc) is 3.09. The molecule has 1 aliphatic heterocycles. The molecule has 0 spiro atoms. The number of carbonyl (C=O) groups is 1. The smallest absolute Gasteiger partial charge is 0.490 e. The zero-order valence-corrected chi connectivity index (χ0v) is 21.6. The number of phosphoric acid groups is 1. The first kappa shape index (κ1) is 30.9. The fraction of sp³-hybridized carbons (Fsp3) is 0.875. The second-order valence-electron chi connectivity index (χ2n) is 9.00. The summed E-state index contributed by atoms with van der Waals surface area (Å²) in [5.41, 5.74) is 0. The molecule has 0 unspecified atom stereocenters. The Balaban J connectivity index is 2.12. The highest BCUT2D eigenvalue weighted by Crippen LogP contribution is 2.42. The van der Waals surface area contributed by atoms with Crippen molar-refractivity contribution in [1.29, 1.82) is 0 Å². The van der Waals surface area contributed by atoms with Crippen LogP contribution in [0.3, 0.4) is 0 Å². The van der Waals surface area contributed by atoms with E-state index in [0.717, 1.165) is 19.3 Å². The lowest BCUT2D eigenvalue weighted by Crippen LogP contribution is -2.32. The van der Waals surface area contributed by atoms with E-state index in [4.69, 9.17) is 24.4 Å². The van der Waals surface area contributed by atoms with E-state index in [-0.39, 0.29) is 12.4 Å². The molecule has 0 bridgehead atoms. The number of esters is 1. The minimum absolute atomic E-state index is 0.174. The lowest BCUT2D eigenvalue weighted by Gasteiger charge is -2.18. The van der Waals surface area contributed by atoms with Crippen LogP contribution in [0.4, 0.5) is 0 Å². The Kier molecular flexibility index (Phi) is 16.5. The molecule has 1 heterocycles. The van der Waals surface area contributed by atoms with Gasteiger partial charge in [0.25, 0.3) is 5.76 Å². The number of hydrogen-bond donors (Lipinski definition) is 4. The van der Waals surface area contributed by atoms with Crippen LogP contribution >= 0.6 is 7.82 Å². The standard InChI is InChI=1S/C24H45O9P/c1-2-3-4-5-6-7-8-9-10-11-12-13-14-15-16-17-18-31-22-21(20(26)19-25)32-24(27)23(22)33-34(28,29)30/h20-21,25-26H,2-19H2,1H3,(H2,28,29,30)/t20-,21+/m0/s1. The molecule has 2 atom stereocenters. The Morgan fingerprint density at radius 3 is 1.71 bits per heavy atom. The number of aliphatic hydroxyl groups excluding tert-OH is 2. The van der Waals surface area contributed by atoms with Gasteiger partial charge in [-0.15, -0.1) is 0 Å². The highest BCUT2D eigenvalue weighted by atomic mass is 31.2. The summed E-state index contributed by atoms with van der Waals surface area (Å²) in [7, 11) is -5.01. The van der Waals surface area contributed by atoms with Crippen molar-refractivity contribution in [3.8, 4) is 0 Å². The minimum Gasteiger partial charge on any atom is -0.490 e. The van der Waals surface area contributed by atoms with Crippen LogP contribution in [0.5, 0.6) is 0 Å². The van der Waals surface area contributed by atoms with Crippen LogP contribution in [0.25, 0.3) is 0 Å². The third-order valence-corrected chi connectivity index (χ3v) is 6.32. The molecule has 0 radical (unpaired) electrons. The summed E-state index contributed by atoms with van der Waals surface area (Å²) in [6.45, 7) is 1.71. The van der Waals surface area contributed by atoms with Gasteiger partial charge in [0.05, 0.1) is 13.2 Å². The summed E-state index contributed by atoms with van der Waals surface area (Å²) < 4.78 is 25.8. The molecule has 0 amide bonds. The van der Waals surface area contributed by atoms with Gasteiger partial charge in [0, 0.05) is 0 Å². The Morgan fingerprint density at radius 1 is 0.853 bits per heavy atom. The lowest BCUT2D eigenvalue weighted by atomic mass is 10.0. The number of ether oxygens (including phenoxy) is 2. The quantitative estimate of drug-likeness (QED) is 0.0915. The summed E-state index contributed by atoms with van der Waals surface area (Å²) >= 11 is 0. The lowest BCUT2D eigenvalue weighted by molar-refractivity contribution is -0.148. The van der Waals surface area contributed by atoms with Crippen molar-refractivity contribution >= 4 is 13.8 Å². The second-order valence-corrected chi connectivity index (χ2v) is 10.2. The van der Waals surface area contributed by atoms with E-state index in [1.54, 1.807) is 0 Å². The number of aliphatic hydroxyl groups is 2. The molecule has 200 valence electrons. The highest BCUT2D eigenvalue weighted by Gasteiger charge is 2.44. The van der Waals surface area contributed by atoms with Crippen molar-refractivity contribution in [2.45, 2.75) is 122 Å². The van der Waals surface area contributed by atoms with E-state index in [1.807, 2.05) is 0 Å². The third-order valence-electron chi connectivity index (χ3n) is 5.90. The Morgan fingerprint density at radius 2 is 1.29 bits per heavy atom. The van der Waals surface area contributed by atoms with Gasteiger partial charge < -0.3 is 24.2 Å². The molecule has 0 saturated carbocycles. The van der Waals surface area contributed by atoms with E-state index in [2.05, 4.69) is 11.4 Å². The van der Waals surface area contributed by atoms with Gasteiger partial charge in [0.2, 0.25) is 0 Å². The van der Waals surface area contributed by atoms with Crippen molar-refractivity contribution < 1.29 is 43.4 Å². The van der Waals surface area contributed by atoms with Crippen LogP contribution in [0.15, 0.2) is 11.5 Å². The van der Waals surface area contributed by atoms with E-state index in [1.165, 1.54) is 77.0 Å². The summed E-state index contributed by atoms with van der Waals surface area (Å²) in [6, 6.07) is 0. The molecule has 0 aliphatic carbocycles. The number of hydrogen-bond acceptors (Lipinski definition) is 7. The van der Waals surface area contributed by atoms with Gasteiger partial charge in [-0.3, -0.25) is 9.79 Å². The first-order valence-corrected chi connectivity index (χ1v) is 14.4. The second kappa shape index (κ2) is 18.2. The third kappa shape index (κ3) is 13.7. The fourth-order valence-electron chi connectivity index (χ4n) is 3.98. The predicted molar refractivity (Wildman–Crippen MR) is 129 cm³/mol. The number of carbonyl (C=O) groups excluding carboxylic acids is 1. The molecule has 9 nitrogen and oxygen atoms in total. The van der Waals surface area contributed by atoms with Crippen molar-refractivity contribution in [1.82, 2.24) is 0 Å². The van der Waals surface area contributed by atoms with Gasteiger partial charge >= 0.3 is 13.8 Å². The van der Waals surface area contributed by atoms with Crippen molar-refractivity contribution in [3.63, 3.8) is 0 Å². The van der Waals surface area contributed by atoms with E-state index < -0.39 is 38.4 Å². The number of cyclic esters (lactones) is 1. The normalized spacial score (nSPS) is 17.2. The van der Waals surface area contributed by atoms with E-state index >= 15 is 0 Å². The minimum atomic E-state index is -5.01. The van der Waals surface area contributed by atoms with Gasteiger partial charge in [-0.1, -0.05) is 103 Å². The Bertz CT molecular complexity index is 632. The maximum absolute atomic E-state index is 11.9. The summed E-state index contributed by atoms with van der Waals surface area (Å²) in [4.78, 5) is 29.8. The molecule has 0 aromatic heterocycles. The largest absolute Gasteiger partial charge is 0.525 e. The Hall–Kier alpha value is -1.12. The van der Waals surface area contributed by atoms with Crippen molar-refractivity contribution in [3.05, 3.63) is 11.5 Å². The topological polar surface area (TPSA) is 143 Å². The first-order chi connectivity index (χ1) is 16.3.